The molecule has 0 spiro atoms. The Morgan fingerprint density at radius 2 is 1.81 bits per heavy atom. The molecule has 1 fully saturated rings. The molecule has 3 nitrogen and oxygen atoms in total. The van der Waals surface area contributed by atoms with Gasteiger partial charge >= 0.3 is 6.36 Å². The second kappa shape index (κ2) is 9.90. The number of nitrogens with zero attached hydrogens (tertiary/aromatic N) is 2. The molecule has 0 N–H and O–H groups in total. The van der Waals surface area contributed by atoms with Crippen molar-refractivity contribution >= 4 is 27.2 Å². The summed E-state index contributed by atoms with van der Waals surface area (Å²) >= 11 is 1.57. The molecule has 165 valence electrons. The predicted octanol–water partition coefficient (Wildman–Crippen LogP) is 7.01. The minimum Gasteiger partial charge on any atom is -0.406 e. The summed E-state index contributed by atoms with van der Waals surface area (Å²) in [5, 5.41) is 0. The van der Waals surface area contributed by atoms with Crippen molar-refractivity contribution in [1.29, 1.82) is 0 Å². The van der Waals surface area contributed by atoms with Gasteiger partial charge in [-0.2, -0.15) is 0 Å². The Morgan fingerprint density at radius 1 is 1.03 bits per heavy atom. The number of unbranched alkanes of at least 4 members (excludes halogenated alkanes) is 2. The SMILES string of the molecule is FC(F)(F)Oc1ccc(CCCCCC2CCN(c3cccc4s[c]nc34)CC2)cc1. The van der Waals surface area contributed by atoms with Gasteiger partial charge in [0.25, 0.3) is 0 Å². The molecule has 1 saturated heterocycles. The molecular formula is C24H26F3N2OS. The molecule has 0 amide bonds. The van der Waals surface area contributed by atoms with E-state index in [-0.39, 0.29) is 5.75 Å². The third-order valence-corrected chi connectivity index (χ3v) is 6.71. The number of hydrogen-bond acceptors (Lipinski definition) is 4. The van der Waals surface area contributed by atoms with Gasteiger partial charge in [-0.1, -0.05) is 37.5 Å². The lowest BCUT2D eigenvalue weighted by Crippen LogP contribution is -2.33. The van der Waals surface area contributed by atoms with E-state index in [0.717, 1.165) is 49.4 Å². The predicted molar refractivity (Wildman–Crippen MR) is 119 cm³/mol. The Morgan fingerprint density at radius 3 is 2.55 bits per heavy atom. The Hall–Kier alpha value is -2.28. The van der Waals surface area contributed by atoms with Gasteiger partial charge in [-0.25, -0.2) is 4.98 Å². The van der Waals surface area contributed by atoms with E-state index >= 15 is 0 Å². The van der Waals surface area contributed by atoms with Gasteiger partial charge in [0.15, 0.2) is 5.51 Å². The maximum Gasteiger partial charge on any atom is 0.573 e. The van der Waals surface area contributed by atoms with Crippen molar-refractivity contribution < 1.29 is 17.9 Å². The van der Waals surface area contributed by atoms with Gasteiger partial charge in [-0.3, -0.25) is 0 Å². The van der Waals surface area contributed by atoms with Gasteiger partial charge in [0.1, 0.15) is 11.3 Å². The van der Waals surface area contributed by atoms with Crippen LogP contribution < -0.4 is 9.64 Å². The monoisotopic (exact) mass is 447 g/mol. The van der Waals surface area contributed by atoms with Crippen molar-refractivity contribution in [2.75, 3.05) is 18.0 Å². The van der Waals surface area contributed by atoms with Crippen molar-refractivity contribution in [3.63, 3.8) is 0 Å². The number of piperidine rings is 1. The largest absolute Gasteiger partial charge is 0.573 e. The Bertz CT molecular complexity index is 963. The number of fused-ring (bicyclic) bond motifs is 1. The van der Waals surface area contributed by atoms with Gasteiger partial charge in [0, 0.05) is 13.1 Å². The highest BCUT2D eigenvalue weighted by Crippen LogP contribution is 2.32. The van der Waals surface area contributed by atoms with Crippen LogP contribution in [0.5, 0.6) is 5.75 Å². The summed E-state index contributed by atoms with van der Waals surface area (Å²) in [7, 11) is 0. The minimum atomic E-state index is -4.63. The van der Waals surface area contributed by atoms with E-state index in [0.29, 0.717) is 0 Å². The summed E-state index contributed by atoms with van der Waals surface area (Å²) in [6.07, 6.45) is 3.34. The summed E-state index contributed by atoms with van der Waals surface area (Å²) in [6.45, 7) is 2.15. The van der Waals surface area contributed by atoms with Crippen LogP contribution >= 0.6 is 11.3 Å². The van der Waals surface area contributed by atoms with Crippen molar-refractivity contribution in [2.45, 2.75) is 51.3 Å². The average molecular weight is 448 g/mol. The highest BCUT2D eigenvalue weighted by atomic mass is 32.1. The number of halogens is 3. The van der Waals surface area contributed by atoms with E-state index in [1.165, 1.54) is 48.2 Å². The van der Waals surface area contributed by atoms with Gasteiger partial charge in [0.2, 0.25) is 0 Å². The second-order valence-electron chi connectivity index (χ2n) is 8.15. The molecule has 0 aliphatic carbocycles. The van der Waals surface area contributed by atoms with Crippen LogP contribution in [-0.4, -0.2) is 24.4 Å². The molecule has 0 atom stereocenters. The number of rotatable bonds is 8. The molecule has 1 radical (unpaired) electrons. The van der Waals surface area contributed by atoms with Gasteiger partial charge in [-0.05, 0) is 61.4 Å². The molecule has 4 rings (SSSR count). The van der Waals surface area contributed by atoms with Crippen molar-refractivity contribution in [3.05, 3.63) is 53.5 Å². The summed E-state index contributed by atoms with van der Waals surface area (Å²) in [4.78, 5) is 6.88. The molecule has 1 aromatic heterocycles. The zero-order valence-corrected chi connectivity index (χ0v) is 18.1. The number of aromatic nitrogens is 1. The van der Waals surface area contributed by atoms with E-state index in [4.69, 9.17) is 0 Å². The number of alkyl halides is 3. The summed E-state index contributed by atoms with van der Waals surface area (Å²) in [5.41, 5.74) is 6.36. The first-order valence-corrected chi connectivity index (χ1v) is 11.6. The maximum absolute atomic E-state index is 12.2. The van der Waals surface area contributed by atoms with E-state index in [2.05, 4.69) is 38.3 Å². The molecule has 0 bridgehead atoms. The number of benzene rings is 2. The first-order valence-electron chi connectivity index (χ1n) is 10.8. The molecular weight excluding hydrogens is 421 g/mol. The number of para-hydroxylation sites is 1. The second-order valence-corrected chi connectivity index (χ2v) is 8.98. The fourth-order valence-electron chi connectivity index (χ4n) is 4.34. The summed E-state index contributed by atoms with van der Waals surface area (Å²) in [6, 6.07) is 12.6. The maximum atomic E-state index is 12.2. The van der Waals surface area contributed by atoms with Crippen LogP contribution in [0, 0.1) is 11.4 Å². The van der Waals surface area contributed by atoms with Crippen LogP contribution in [-0.2, 0) is 6.42 Å². The third kappa shape index (κ3) is 6.12. The van der Waals surface area contributed by atoms with Crippen LogP contribution in [0.25, 0.3) is 10.2 Å². The standard InChI is InChI=1S/C24H26F3N2OS/c25-24(26,27)30-20-11-9-18(10-12-20)5-2-1-3-6-19-13-15-29(16-14-19)21-7-4-8-22-23(21)28-17-31-22/h4,7-12,19H,1-3,5-6,13-16H2. The van der Waals surface area contributed by atoms with Crippen LogP contribution in [0.4, 0.5) is 18.9 Å². The van der Waals surface area contributed by atoms with Crippen LogP contribution in [0.1, 0.15) is 44.1 Å². The number of aryl methyl sites for hydroxylation is 1. The Balaban J connectivity index is 1.14. The van der Waals surface area contributed by atoms with Crippen molar-refractivity contribution in [3.8, 4) is 5.75 Å². The Labute approximate surface area is 184 Å². The van der Waals surface area contributed by atoms with E-state index in [1.54, 1.807) is 23.5 Å². The van der Waals surface area contributed by atoms with E-state index < -0.39 is 6.36 Å². The Kier molecular flexibility index (Phi) is 7.00. The summed E-state index contributed by atoms with van der Waals surface area (Å²) in [5.74, 6) is 0.614. The zero-order valence-electron chi connectivity index (χ0n) is 17.3. The lowest BCUT2D eigenvalue weighted by molar-refractivity contribution is -0.274. The smallest absolute Gasteiger partial charge is 0.406 e. The normalized spacial score (nSPS) is 15.5. The lowest BCUT2D eigenvalue weighted by Gasteiger charge is -2.33. The lowest BCUT2D eigenvalue weighted by atomic mass is 9.90. The fourth-order valence-corrected chi connectivity index (χ4v) is 4.97. The van der Waals surface area contributed by atoms with Gasteiger partial charge in [0.05, 0.1) is 10.4 Å². The molecule has 0 saturated carbocycles. The average Bonchev–Trinajstić information content (AvgIpc) is 3.23. The molecule has 1 aliphatic rings. The molecule has 2 heterocycles. The van der Waals surface area contributed by atoms with Crippen molar-refractivity contribution in [1.82, 2.24) is 4.98 Å². The number of ether oxygens (including phenoxy) is 1. The van der Waals surface area contributed by atoms with Gasteiger partial charge in [-0.15, -0.1) is 24.5 Å². The van der Waals surface area contributed by atoms with Crippen LogP contribution in [0.2, 0.25) is 0 Å². The third-order valence-electron chi connectivity index (χ3n) is 5.98. The number of hydrogen-bond donors (Lipinski definition) is 0. The van der Waals surface area contributed by atoms with Crippen LogP contribution in [0.15, 0.2) is 42.5 Å². The zero-order chi connectivity index (χ0) is 21.7. The first-order chi connectivity index (χ1) is 15.0. The molecule has 1 aliphatic heterocycles. The molecule has 7 heteroatoms. The number of anilines is 1. The highest BCUT2D eigenvalue weighted by Gasteiger charge is 2.30. The minimum absolute atomic E-state index is 0.160. The molecule has 0 unspecified atom stereocenters. The quantitative estimate of drug-likeness (QED) is 0.347. The van der Waals surface area contributed by atoms with E-state index in [9.17, 15) is 13.2 Å². The first kappa shape index (κ1) is 21.9. The van der Waals surface area contributed by atoms with Gasteiger partial charge < -0.3 is 9.64 Å². The fraction of sp³-hybridized carbons (Fsp3) is 0.458. The van der Waals surface area contributed by atoms with Crippen molar-refractivity contribution in [2.24, 2.45) is 5.92 Å². The molecule has 31 heavy (non-hydrogen) atoms. The van der Waals surface area contributed by atoms with E-state index in [1.807, 2.05) is 0 Å². The molecule has 2 aromatic carbocycles. The topological polar surface area (TPSA) is 25.4 Å². The van der Waals surface area contributed by atoms with Crippen LogP contribution in [0.3, 0.4) is 0 Å². The highest BCUT2D eigenvalue weighted by molar-refractivity contribution is 7.16. The molecule has 3 aromatic rings. The number of thiazole rings is 1. The summed E-state index contributed by atoms with van der Waals surface area (Å²) < 4.78 is 41.7.